The molecule has 0 bridgehead atoms. The van der Waals surface area contributed by atoms with Gasteiger partial charge in [0.25, 0.3) is 12.1 Å². The Labute approximate surface area is 52.0 Å². The minimum Gasteiger partial charge on any atom is -0.467 e. The summed E-state index contributed by atoms with van der Waals surface area (Å²) < 4.78 is 4.69. The van der Waals surface area contributed by atoms with Gasteiger partial charge in [-0.3, -0.25) is 4.79 Å². The van der Waals surface area contributed by atoms with Crippen molar-refractivity contribution in [3.8, 4) is 0 Å². The number of hydrogen-bond acceptors (Lipinski definition) is 3. The average Bonchev–Trinajstić information content (AvgIpc) is 1.90. The van der Waals surface area contributed by atoms with E-state index in [1.807, 2.05) is 0 Å². The number of rotatable bonds is 1. The minimum atomic E-state index is -0.824. The molecular weight excluding hydrogens is 120 g/mol. The highest BCUT2D eigenvalue weighted by Crippen LogP contribution is 1.96. The van der Waals surface area contributed by atoms with Crippen LogP contribution in [0.2, 0.25) is 0 Å². The highest BCUT2D eigenvalue weighted by molar-refractivity contribution is 5.82. The van der Waals surface area contributed by atoms with E-state index in [-0.39, 0.29) is 0 Å². The number of allylic oxidation sites excluding steroid dienone is 1. The Kier molecular flexibility index (Phi) is 1.48. The molecule has 1 aliphatic rings. The Morgan fingerprint density at radius 3 is 2.89 bits per heavy atom. The minimum absolute atomic E-state index is 0.574. The number of hydrogen-bond donors (Lipinski definition) is 1. The van der Waals surface area contributed by atoms with Gasteiger partial charge in [-0.2, -0.15) is 0 Å². The van der Waals surface area contributed by atoms with Gasteiger partial charge in [-0.15, -0.1) is 0 Å². The van der Waals surface area contributed by atoms with Gasteiger partial charge >= 0.3 is 0 Å². The van der Waals surface area contributed by atoms with Crippen LogP contribution in [-0.4, -0.2) is 18.3 Å². The first-order chi connectivity index (χ1) is 4.30. The molecule has 48 valence electrons. The van der Waals surface area contributed by atoms with Crippen molar-refractivity contribution in [1.82, 2.24) is 0 Å². The summed E-state index contributed by atoms with van der Waals surface area (Å²) in [6.07, 6.45) is 3.61. The molecule has 0 aliphatic carbocycles. The van der Waals surface area contributed by atoms with Crippen LogP contribution in [0, 0.1) is 0 Å². The van der Waals surface area contributed by atoms with Crippen LogP contribution in [0.3, 0.4) is 0 Å². The van der Waals surface area contributed by atoms with Crippen LogP contribution in [0.25, 0.3) is 0 Å². The maximum atomic E-state index is 10.3. The van der Waals surface area contributed by atoms with Crippen molar-refractivity contribution in [3.63, 3.8) is 0 Å². The monoisotopic (exact) mass is 126 g/mol. The third kappa shape index (κ3) is 1.28. The quantitative estimate of drug-likeness (QED) is 0.510. The summed E-state index contributed by atoms with van der Waals surface area (Å²) in [5, 5.41) is 0. The van der Waals surface area contributed by atoms with Crippen molar-refractivity contribution >= 4 is 12.1 Å². The molecule has 0 saturated carbocycles. The van der Waals surface area contributed by atoms with Crippen LogP contribution in [0.1, 0.15) is 0 Å². The number of nitrogens with zero attached hydrogens (tertiary/aromatic N) is 1. The molecule has 1 atom stereocenters. The van der Waals surface area contributed by atoms with Gasteiger partial charge in [0.15, 0.2) is 0 Å². The number of ether oxygens (including phenoxy) is 1. The van der Waals surface area contributed by atoms with E-state index in [0.29, 0.717) is 0 Å². The standard InChI is InChI=1S/C5H6N2O2/c6-4(8)5-7-2-1-3-9-5/h1-3,5H,(H2,6,8). The molecule has 9 heavy (non-hydrogen) atoms. The summed E-state index contributed by atoms with van der Waals surface area (Å²) in [5.41, 5.74) is 4.86. The van der Waals surface area contributed by atoms with Gasteiger partial charge in [-0.25, -0.2) is 4.99 Å². The van der Waals surface area contributed by atoms with Crippen LogP contribution in [0.4, 0.5) is 0 Å². The Morgan fingerprint density at radius 1 is 1.78 bits per heavy atom. The predicted molar refractivity (Wildman–Crippen MR) is 31.7 cm³/mol. The molecule has 4 heteroatoms. The number of carbonyl (C=O) groups excluding carboxylic acids is 1. The van der Waals surface area contributed by atoms with E-state index in [1.165, 1.54) is 12.5 Å². The van der Waals surface area contributed by atoms with Gasteiger partial charge in [0.05, 0.1) is 6.26 Å². The van der Waals surface area contributed by atoms with Gasteiger partial charge in [0.2, 0.25) is 0 Å². The van der Waals surface area contributed by atoms with Crippen LogP contribution < -0.4 is 5.73 Å². The lowest BCUT2D eigenvalue weighted by molar-refractivity contribution is -0.126. The Bertz CT molecular complexity index is 174. The van der Waals surface area contributed by atoms with Crippen LogP contribution >= 0.6 is 0 Å². The SMILES string of the molecule is NC(=O)C1N=CC=CO1. The molecule has 1 rings (SSSR count). The fraction of sp³-hybridized carbons (Fsp3) is 0.200. The molecule has 0 saturated heterocycles. The van der Waals surface area contributed by atoms with Crippen molar-refractivity contribution in [2.24, 2.45) is 10.7 Å². The molecule has 2 N–H and O–H groups in total. The predicted octanol–water partition coefficient (Wildman–Crippen LogP) is -0.588. The molecular formula is C5H6N2O2. The lowest BCUT2D eigenvalue weighted by Gasteiger charge is -2.08. The lowest BCUT2D eigenvalue weighted by atomic mass is 10.5. The summed E-state index contributed by atoms with van der Waals surface area (Å²) in [6.45, 7) is 0. The molecule has 0 radical (unpaired) electrons. The molecule has 1 amide bonds. The number of aliphatic imine (C=N–C) groups is 1. The molecule has 1 heterocycles. The highest BCUT2D eigenvalue weighted by atomic mass is 16.5. The molecule has 0 aromatic carbocycles. The second-order valence-electron chi connectivity index (χ2n) is 1.52. The fourth-order valence-corrected chi connectivity index (χ4v) is 0.458. The number of carbonyl (C=O) groups is 1. The maximum absolute atomic E-state index is 10.3. The Hall–Kier alpha value is -1.32. The van der Waals surface area contributed by atoms with E-state index in [9.17, 15) is 4.79 Å². The van der Waals surface area contributed by atoms with Gasteiger partial charge in [0.1, 0.15) is 0 Å². The first-order valence-electron chi connectivity index (χ1n) is 2.44. The van der Waals surface area contributed by atoms with E-state index in [2.05, 4.69) is 9.73 Å². The molecule has 1 unspecified atom stereocenters. The second-order valence-corrected chi connectivity index (χ2v) is 1.52. The van der Waals surface area contributed by atoms with Gasteiger partial charge in [0, 0.05) is 6.21 Å². The molecule has 4 nitrogen and oxygen atoms in total. The molecule has 0 aromatic rings. The van der Waals surface area contributed by atoms with E-state index >= 15 is 0 Å². The van der Waals surface area contributed by atoms with E-state index in [0.717, 1.165) is 0 Å². The molecule has 0 spiro atoms. The van der Waals surface area contributed by atoms with Gasteiger partial charge in [-0.1, -0.05) is 0 Å². The topological polar surface area (TPSA) is 64.7 Å². The maximum Gasteiger partial charge on any atom is 0.281 e. The molecule has 1 aliphatic heterocycles. The zero-order valence-corrected chi connectivity index (χ0v) is 4.65. The van der Waals surface area contributed by atoms with E-state index in [1.54, 1.807) is 6.08 Å². The Morgan fingerprint density at radius 2 is 2.56 bits per heavy atom. The van der Waals surface area contributed by atoms with Gasteiger partial charge < -0.3 is 10.5 Å². The van der Waals surface area contributed by atoms with Gasteiger partial charge in [-0.05, 0) is 6.08 Å². The number of amides is 1. The third-order valence-corrected chi connectivity index (χ3v) is 0.837. The van der Waals surface area contributed by atoms with Crippen molar-refractivity contribution in [3.05, 3.63) is 12.3 Å². The largest absolute Gasteiger partial charge is 0.467 e. The van der Waals surface area contributed by atoms with Crippen LogP contribution in [0.15, 0.2) is 17.3 Å². The van der Waals surface area contributed by atoms with Crippen molar-refractivity contribution in [2.45, 2.75) is 6.23 Å². The number of primary amides is 1. The van der Waals surface area contributed by atoms with Crippen LogP contribution in [-0.2, 0) is 9.53 Å². The summed E-state index contributed by atoms with van der Waals surface area (Å²) >= 11 is 0. The molecule has 0 aromatic heterocycles. The normalized spacial score (nSPS) is 23.3. The second kappa shape index (κ2) is 2.30. The van der Waals surface area contributed by atoms with Crippen LogP contribution in [0.5, 0.6) is 0 Å². The van der Waals surface area contributed by atoms with Crippen molar-refractivity contribution < 1.29 is 9.53 Å². The first kappa shape index (κ1) is 5.81. The van der Waals surface area contributed by atoms with Crippen molar-refractivity contribution in [1.29, 1.82) is 0 Å². The molecule has 0 fully saturated rings. The smallest absolute Gasteiger partial charge is 0.281 e. The van der Waals surface area contributed by atoms with E-state index < -0.39 is 12.1 Å². The third-order valence-electron chi connectivity index (χ3n) is 0.837. The fourth-order valence-electron chi connectivity index (χ4n) is 0.458. The van der Waals surface area contributed by atoms with Crippen molar-refractivity contribution in [2.75, 3.05) is 0 Å². The highest BCUT2D eigenvalue weighted by Gasteiger charge is 2.12. The zero-order chi connectivity index (χ0) is 6.69. The average molecular weight is 126 g/mol. The summed E-state index contributed by atoms with van der Waals surface area (Å²) in [5.74, 6) is -0.574. The summed E-state index contributed by atoms with van der Waals surface area (Å²) in [6, 6.07) is 0. The summed E-state index contributed by atoms with van der Waals surface area (Å²) in [7, 11) is 0. The summed E-state index contributed by atoms with van der Waals surface area (Å²) in [4.78, 5) is 13.9. The number of nitrogens with two attached hydrogens (primary N) is 1. The Balaban J connectivity index is 2.56. The zero-order valence-electron chi connectivity index (χ0n) is 4.65. The van der Waals surface area contributed by atoms with E-state index in [4.69, 9.17) is 5.73 Å². The first-order valence-corrected chi connectivity index (χ1v) is 2.44. The lowest BCUT2D eigenvalue weighted by Crippen LogP contribution is -2.29.